The largest absolute Gasteiger partial charge is 0.353 e. The zero-order valence-corrected chi connectivity index (χ0v) is 14.1. The fraction of sp³-hybridized carbons (Fsp3) is 0.833. The number of carbonyl (C=O) groups excluding carboxylic acids is 1. The summed E-state index contributed by atoms with van der Waals surface area (Å²) in [5, 5.41) is 10.0. The van der Waals surface area contributed by atoms with Gasteiger partial charge in [0.25, 0.3) is 0 Å². The van der Waals surface area contributed by atoms with E-state index in [9.17, 15) is 4.79 Å². The number of hydrogen-bond acceptors (Lipinski definition) is 3. The van der Waals surface area contributed by atoms with Crippen molar-refractivity contribution in [3.8, 4) is 0 Å². The molecule has 4 fully saturated rings. The highest BCUT2D eigenvalue weighted by atomic mass is 16.1. The standard InChI is InChI=1S/C18H28N4O/c1-2-15(21-17(23)4-3-16-19-11-20-22-16)18-8-12-5-13(9-18)7-14(6-12)10-18/h11-15H,2-10H2,1H3,(H,21,23)(H,19,20,22)/t12?,13?,14?,15-,18?/m1/s1. The Hall–Kier alpha value is -1.39. The minimum atomic E-state index is 0.170. The Kier molecular flexibility index (Phi) is 3.90. The van der Waals surface area contributed by atoms with Gasteiger partial charge in [-0.15, -0.1) is 0 Å². The first-order valence-corrected chi connectivity index (χ1v) is 9.30. The summed E-state index contributed by atoms with van der Waals surface area (Å²) in [7, 11) is 0. The van der Waals surface area contributed by atoms with Crippen LogP contribution in [-0.4, -0.2) is 27.1 Å². The lowest BCUT2D eigenvalue weighted by Crippen LogP contribution is -2.56. The molecule has 1 heterocycles. The van der Waals surface area contributed by atoms with Crippen molar-refractivity contribution >= 4 is 5.91 Å². The first kappa shape index (κ1) is 15.2. The van der Waals surface area contributed by atoms with Crippen molar-refractivity contribution in [3.05, 3.63) is 12.2 Å². The lowest BCUT2D eigenvalue weighted by molar-refractivity contribution is -0.126. The van der Waals surface area contributed by atoms with E-state index in [0.717, 1.165) is 30.0 Å². The Morgan fingerprint density at radius 2 is 1.96 bits per heavy atom. The number of H-pyrrole nitrogens is 1. The molecule has 5 heteroatoms. The minimum Gasteiger partial charge on any atom is -0.353 e. The predicted octanol–water partition coefficient (Wildman–Crippen LogP) is 2.85. The second-order valence-corrected chi connectivity index (χ2v) is 8.24. The molecule has 1 aromatic heterocycles. The summed E-state index contributed by atoms with van der Waals surface area (Å²) in [6, 6.07) is 0.359. The van der Waals surface area contributed by atoms with Crippen LogP contribution < -0.4 is 5.32 Å². The van der Waals surface area contributed by atoms with Gasteiger partial charge in [-0.1, -0.05) is 6.92 Å². The Morgan fingerprint density at radius 1 is 1.30 bits per heavy atom. The van der Waals surface area contributed by atoms with Gasteiger partial charge in [-0.25, -0.2) is 4.98 Å². The van der Waals surface area contributed by atoms with E-state index in [0.29, 0.717) is 24.3 Å². The molecule has 0 radical (unpaired) electrons. The van der Waals surface area contributed by atoms with Gasteiger partial charge in [-0.2, -0.15) is 5.10 Å². The van der Waals surface area contributed by atoms with Gasteiger partial charge in [-0.3, -0.25) is 9.89 Å². The van der Waals surface area contributed by atoms with Crippen LogP contribution in [0.3, 0.4) is 0 Å². The monoisotopic (exact) mass is 316 g/mol. The molecular formula is C18H28N4O. The number of rotatable bonds is 6. The number of nitrogens with one attached hydrogen (secondary N) is 2. The van der Waals surface area contributed by atoms with Crippen molar-refractivity contribution in [2.75, 3.05) is 0 Å². The van der Waals surface area contributed by atoms with E-state index < -0.39 is 0 Å². The lowest BCUT2D eigenvalue weighted by Gasteiger charge is -2.59. The molecule has 0 aromatic carbocycles. The molecule has 23 heavy (non-hydrogen) atoms. The molecule has 0 unspecified atom stereocenters. The Balaban J connectivity index is 1.39. The highest BCUT2D eigenvalue weighted by molar-refractivity contribution is 5.76. The van der Waals surface area contributed by atoms with E-state index in [1.54, 1.807) is 0 Å². The average molecular weight is 316 g/mol. The van der Waals surface area contributed by atoms with Crippen LogP contribution >= 0.6 is 0 Å². The molecule has 0 aliphatic heterocycles. The van der Waals surface area contributed by atoms with Gasteiger partial charge in [-0.05, 0) is 68.1 Å². The fourth-order valence-corrected chi connectivity index (χ4v) is 6.14. The summed E-state index contributed by atoms with van der Waals surface area (Å²) >= 11 is 0. The molecule has 4 saturated carbocycles. The molecule has 1 amide bonds. The normalized spacial score (nSPS) is 36.1. The maximum absolute atomic E-state index is 12.4. The van der Waals surface area contributed by atoms with Crippen molar-refractivity contribution in [1.29, 1.82) is 0 Å². The van der Waals surface area contributed by atoms with Gasteiger partial charge >= 0.3 is 0 Å². The second kappa shape index (κ2) is 5.91. The highest BCUT2D eigenvalue weighted by Crippen LogP contribution is 2.61. The summed E-state index contributed by atoms with van der Waals surface area (Å²) in [4.78, 5) is 16.5. The molecule has 4 bridgehead atoms. The number of aromatic nitrogens is 3. The van der Waals surface area contributed by atoms with E-state index >= 15 is 0 Å². The van der Waals surface area contributed by atoms with Crippen LogP contribution in [0.5, 0.6) is 0 Å². The van der Waals surface area contributed by atoms with Crippen LogP contribution in [0.15, 0.2) is 6.33 Å². The summed E-state index contributed by atoms with van der Waals surface area (Å²) < 4.78 is 0. The summed E-state index contributed by atoms with van der Waals surface area (Å²) in [5.41, 5.74) is 0.394. The molecule has 0 saturated heterocycles. The van der Waals surface area contributed by atoms with Crippen LogP contribution in [-0.2, 0) is 11.2 Å². The highest BCUT2D eigenvalue weighted by Gasteiger charge is 2.53. The van der Waals surface area contributed by atoms with Gasteiger partial charge in [0.15, 0.2) is 0 Å². The molecule has 5 rings (SSSR count). The SMILES string of the molecule is CC[C@@H](NC(=O)CCc1ncn[nH]1)C12CC3CC(CC(C3)C1)C2. The summed E-state index contributed by atoms with van der Waals surface area (Å²) in [5.74, 6) is 3.76. The number of carbonyl (C=O) groups is 1. The molecule has 4 aliphatic rings. The van der Waals surface area contributed by atoms with Crippen LogP contribution in [0, 0.1) is 23.2 Å². The Labute approximate surface area is 138 Å². The van der Waals surface area contributed by atoms with Crippen molar-refractivity contribution in [2.45, 2.75) is 70.8 Å². The third-order valence-electron chi connectivity index (χ3n) is 6.62. The maximum Gasteiger partial charge on any atom is 0.220 e. The molecule has 4 aliphatic carbocycles. The molecular weight excluding hydrogens is 288 g/mol. The van der Waals surface area contributed by atoms with Crippen LogP contribution in [0.1, 0.15) is 64.1 Å². The third kappa shape index (κ3) is 2.90. The zero-order chi connectivity index (χ0) is 15.9. The maximum atomic E-state index is 12.4. The average Bonchev–Trinajstić information content (AvgIpc) is 3.02. The van der Waals surface area contributed by atoms with Crippen LogP contribution in [0.4, 0.5) is 0 Å². The van der Waals surface area contributed by atoms with Crippen molar-refractivity contribution in [3.63, 3.8) is 0 Å². The molecule has 0 spiro atoms. The lowest BCUT2D eigenvalue weighted by atomic mass is 9.47. The molecule has 1 atom stereocenters. The Bertz CT molecular complexity index is 518. The van der Waals surface area contributed by atoms with E-state index in [2.05, 4.69) is 27.4 Å². The van der Waals surface area contributed by atoms with E-state index in [4.69, 9.17) is 0 Å². The second-order valence-electron chi connectivity index (χ2n) is 8.24. The summed E-state index contributed by atoms with van der Waals surface area (Å²) in [6.45, 7) is 2.24. The number of nitrogens with zero attached hydrogens (tertiary/aromatic N) is 2. The smallest absolute Gasteiger partial charge is 0.220 e. The third-order valence-corrected chi connectivity index (χ3v) is 6.62. The molecule has 126 valence electrons. The van der Waals surface area contributed by atoms with Gasteiger partial charge in [0.2, 0.25) is 5.91 Å². The van der Waals surface area contributed by atoms with Crippen molar-refractivity contribution in [1.82, 2.24) is 20.5 Å². The number of aromatic amines is 1. The van der Waals surface area contributed by atoms with Gasteiger partial charge in [0, 0.05) is 18.9 Å². The van der Waals surface area contributed by atoms with Crippen molar-refractivity contribution in [2.24, 2.45) is 23.2 Å². The van der Waals surface area contributed by atoms with Crippen molar-refractivity contribution < 1.29 is 4.79 Å². The minimum absolute atomic E-state index is 0.170. The molecule has 5 nitrogen and oxygen atoms in total. The Morgan fingerprint density at radius 3 is 2.48 bits per heavy atom. The zero-order valence-electron chi connectivity index (χ0n) is 14.1. The summed E-state index contributed by atoms with van der Waals surface area (Å²) in [6.07, 6.45) is 12.1. The van der Waals surface area contributed by atoms with Gasteiger partial charge < -0.3 is 5.32 Å². The first-order chi connectivity index (χ1) is 11.2. The molecule has 2 N–H and O–H groups in total. The first-order valence-electron chi connectivity index (χ1n) is 9.30. The topological polar surface area (TPSA) is 70.7 Å². The molecule has 1 aromatic rings. The number of hydrogen-bond donors (Lipinski definition) is 2. The predicted molar refractivity (Wildman–Crippen MR) is 87.5 cm³/mol. The van der Waals surface area contributed by atoms with Gasteiger partial charge in [0.05, 0.1) is 0 Å². The quantitative estimate of drug-likeness (QED) is 0.848. The fourth-order valence-electron chi connectivity index (χ4n) is 6.14. The number of amides is 1. The van der Waals surface area contributed by atoms with E-state index in [1.807, 2.05) is 0 Å². The van der Waals surface area contributed by atoms with E-state index in [1.165, 1.54) is 44.9 Å². The van der Waals surface area contributed by atoms with E-state index in [-0.39, 0.29) is 5.91 Å². The van der Waals surface area contributed by atoms with Gasteiger partial charge in [0.1, 0.15) is 12.2 Å². The van der Waals surface area contributed by atoms with Crippen LogP contribution in [0.25, 0.3) is 0 Å². The number of aryl methyl sites for hydroxylation is 1. The van der Waals surface area contributed by atoms with Crippen LogP contribution in [0.2, 0.25) is 0 Å².